The van der Waals surface area contributed by atoms with Crippen LogP contribution < -0.4 is 10.6 Å². The number of aryl methyl sites for hydroxylation is 1. The molecule has 0 saturated carbocycles. The Morgan fingerprint density at radius 3 is 2.62 bits per heavy atom. The lowest BCUT2D eigenvalue weighted by atomic mass is 10.1. The lowest BCUT2D eigenvalue weighted by molar-refractivity contribution is 0.0982. The Balaban J connectivity index is 2.33. The molecule has 0 fully saturated rings. The summed E-state index contributed by atoms with van der Waals surface area (Å²) in [7, 11) is 0. The third kappa shape index (κ3) is 3.64. The topological polar surface area (TPSA) is 59.2 Å². The molecule has 0 aliphatic heterocycles. The number of benzene rings is 1. The first kappa shape index (κ1) is 15.1. The van der Waals surface area contributed by atoms with Crippen molar-refractivity contribution in [2.75, 3.05) is 18.0 Å². The van der Waals surface area contributed by atoms with E-state index in [1.54, 1.807) is 4.90 Å². The van der Waals surface area contributed by atoms with E-state index in [0.29, 0.717) is 19.5 Å². The van der Waals surface area contributed by atoms with Gasteiger partial charge in [-0.1, -0.05) is 17.7 Å². The zero-order valence-electron chi connectivity index (χ0n) is 11.9. The molecule has 1 heterocycles. The van der Waals surface area contributed by atoms with Gasteiger partial charge in [0, 0.05) is 18.4 Å². The van der Waals surface area contributed by atoms with Crippen molar-refractivity contribution in [2.45, 2.75) is 13.3 Å². The minimum absolute atomic E-state index is 0.0163. The molecule has 2 rings (SSSR count). The molecule has 1 aromatic carbocycles. The normalized spacial score (nSPS) is 10.4. The number of aromatic nitrogens is 1. The molecule has 0 radical (unpaired) electrons. The van der Waals surface area contributed by atoms with Gasteiger partial charge in [0.25, 0.3) is 5.91 Å². The van der Waals surface area contributed by atoms with E-state index in [0.717, 1.165) is 17.4 Å². The lowest BCUT2D eigenvalue weighted by Gasteiger charge is -2.23. The van der Waals surface area contributed by atoms with Crippen LogP contribution in [0, 0.1) is 12.7 Å². The molecule has 1 aromatic heterocycles. The fourth-order valence-corrected chi connectivity index (χ4v) is 2.02. The predicted octanol–water partition coefficient (Wildman–Crippen LogP) is 2.52. The maximum atomic E-state index is 13.8. The molecule has 2 N–H and O–H groups in total. The van der Waals surface area contributed by atoms with Crippen molar-refractivity contribution in [3.8, 4) is 0 Å². The van der Waals surface area contributed by atoms with Crippen LogP contribution in [0.2, 0.25) is 0 Å². The molecular formula is C16H18FN3O. The molecule has 21 heavy (non-hydrogen) atoms. The molecule has 0 atom stereocenters. The first-order valence-electron chi connectivity index (χ1n) is 6.81. The molecule has 0 saturated heterocycles. The number of nitrogens with two attached hydrogens (primary N) is 1. The van der Waals surface area contributed by atoms with E-state index >= 15 is 0 Å². The number of hydrogen-bond donors (Lipinski definition) is 1. The van der Waals surface area contributed by atoms with E-state index in [2.05, 4.69) is 4.98 Å². The first-order chi connectivity index (χ1) is 10.1. The van der Waals surface area contributed by atoms with Crippen molar-refractivity contribution in [2.24, 2.45) is 5.73 Å². The number of carbonyl (C=O) groups excluding carboxylic acids is 1. The van der Waals surface area contributed by atoms with Gasteiger partial charge in [0.2, 0.25) is 0 Å². The van der Waals surface area contributed by atoms with Gasteiger partial charge in [-0.25, -0.2) is 4.39 Å². The van der Waals surface area contributed by atoms with Crippen LogP contribution >= 0.6 is 0 Å². The third-order valence-electron chi connectivity index (χ3n) is 3.18. The Morgan fingerprint density at radius 1 is 1.29 bits per heavy atom. The van der Waals surface area contributed by atoms with Crippen LogP contribution in [0.4, 0.5) is 10.1 Å². The van der Waals surface area contributed by atoms with Gasteiger partial charge in [0.1, 0.15) is 0 Å². The summed E-state index contributed by atoms with van der Waals surface area (Å²) in [5.74, 6) is -1.00. The molecule has 2 aromatic rings. The molecule has 0 spiro atoms. The van der Waals surface area contributed by atoms with Gasteiger partial charge in [0.15, 0.2) is 5.82 Å². The summed E-state index contributed by atoms with van der Waals surface area (Å²) in [6.45, 7) is 2.88. The zero-order valence-corrected chi connectivity index (χ0v) is 11.9. The van der Waals surface area contributed by atoms with E-state index in [1.165, 1.54) is 12.3 Å². The van der Waals surface area contributed by atoms with Gasteiger partial charge < -0.3 is 10.6 Å². The van der Waals surface area contributed by atoms with Crippen molar-refractivity contribution < 1.29 is 9.18 Å². The molecule has 110 valence electrons. The second-order valence-electron chi connectivity index (χ2n) is 4.79. The van der Waals surface area contributed by atoms with E-state index in [4.69, 9.17) is 5.73 Å². The van der Waals surface area contributed by atoms with E-state index in [1.807, 2.05) is 31.2 Å². The summed E-state index contributed by atoms with van der Waals surface area (Å²) in [4.78, 5) is 17.8. The Morgan fingerprint density at radius 2 is 2.00 bits per heavy atom. The minimum Gasteiger partial charge on any atom is -0.330 e. The van der Waals surface area contributed by atoms with Gasteiger partial charge in [-0.3, -0.25) is 9.78 Å². The maximum absolute atomic E-state index is 13.8. The standard InChI is InChI=1S/C16H18FN3O/c1-12-3-5-13(6-4-12)20(10-2-8-18)16(21)14-7-9-19-11-15(14)17/h3-7,9,11H,2,8,10,18H2,1H3. The van der Waals surface area contributed by atoms with Crippen LogP contribution in [0.1, 0.15) is 22.3 Å². The highest BCUT2D eigenvalue weighted by Crippen LogP contribution is 2.19. The Kier molecular flexibility index (Phi) is 5.00. The van der Waals surface area contributed by atoms with Gasteiger partial charge >= 0.3 is 0 Å². The lowest BCUT2D eigenvalue weighted by Crippen LogP contribution is -2.33. The highest BCUT2D eigenvalue weighted by molar-refractivity contribution is 6.06. The van der Waals surface area contributed by atoms with Gasteiger partial charge in [0.05, 0.1) is 11.8 Å². The van der Waals surface area contributed by atoms with Crippen molar-refractivity contribution in [3.63, 3.8) is 0 Å². The van der Waals surface area contributed by atoms with Crippen molar-refractivity contribution in [3.05, 3.63) is 59.7 Å². The third-order valence-corrected chi connectivity index (χ3v) is 3.18. The second kappa shape index (κ2) is 6.95. The zero-order chi connectivity index (χ0) is 15.2. The molecule has 5 heteroatoms. The largest absolute Gasteiger partial charge is 0.330 e. The monoisotopic (exact) mass is 287 g/mol. The summed E-state index contributed by atoms with van der Waals surface area (Å²) < 4.78 is 13.8. The molecule has 0 bridgehead atoms. The van der Waals surface area contributed by atoms with Crippen LogP contribution in [0.5, 0.6) is 0 Å². The highest BCUT2D eigenvalue weighted by Gasteiger charge is 2.20. The summed E-state index contributed by atoms with van der Waals surface area (Å²) in [5, 5.41) is 0. The van der Waals surface area contributed by atoms with E-state index in [-0.39, 0.29) is 11.5 Å². The maximum Gasteiger partial charge on any atom is 0.261 e. The fraction of sp³-hybridized carbons (Fsp3) is 0.250. The smallest absolute Gasteiger partial charge is 0.261 e. The predicted molar refractivity (Wildman–Crippen MR) is 80.7 cm³/mol. The van der Waals surface area contributed by atoms with Crippen LogP contribution in [0.25, 0.3) is 0 Å². The number of carbonyl (C=O) groups is 1. The second-order valence-corrected chi connectivity index (χ2v) is 4.79. The molecule has 1 amide bonds. The number of amides is 1. The van der Waals surface area contributed by atoms with Crippen LogP contribution in [0.3, 0.4) is 0 Å². The van der Waals surface area contributed by atoms with Gasteiger partial charge in [-0.05, 0) is 38.1 Å². The Labute approximate surface area is 123 Å². The average Bonchev–Trinajstić information content (AvgIpc) is 2.49. The van der Waals surface area contributed by atoms with Crippen LogP contribution in [-0.2, 0) is 0 Å². The number of hydrogen-bond acceptors (Lipinski definition) is 3. The SMILES string of the molecule is Cc1ccc(N(CCCN)C(=O)c2ccncc2F)cc1. The van der Waals surface area contributed by atoms with Crippen LogP contribution in [0.15, 0.2) is 42.7 Å². The minimum atomic E-state index is -0.618. The Bertz CT molecular complexity index is 613. The fourth-order valence-electron chi connectivity index (χ4n) is 2.02. The van der Waals surface area contributed by atoms with Crippen molar-refractivity contribution in [1.82, 2.24) is 4.98 Å². The van der Waals surface area contributed by atoms with E-state index in [9.17, 15) is 9.18 Å². The molecule has 4 nitrogen and oxygen atoms in total. The molecule has 0 aliphatic carbocycles. The number of pyridine rings is 1. The summed E-state index contributed by atoms with van der Waals surface area (Å²) in [6, 6.07) is 8.93. The molecular weight excluding hydrogens is 269 g/mol. The van der Waals surface area contributed by atoms with Crippen LogP contribution in [-0.4, -0.2) is 24.0 Å². The summed E-state index contributed by atoms with van der Waals surface area (Å²) >= 11 is 0. The number of rotatable bonds is 5. The quantitative estimate of drug-likeness (QED) is 0.919. The first-order valence-corrected chi connectivity index (χ1v) is 6.81. The van der Waals surface area contributed by atoms with Crippen molar-refractivity contribution >= 4 is 11.6 Å². The van der Waals surface area contributed by atoms with Crippen molar-refractivity contribution in [1.29, 1.82) is 0 Å². The van der Waals surface area contributed by atoms with Gasteiger partial charge in [-0.15, -0.1) is 0 Å². The van der Waals surface area contributed by atoms with E-state index < -0.39 is 5.82 Å². The van der Waals surface area contributed by atoms with Gasteiger partial charge in [-0.2, -0.15) is 0 Å². The summed E-state index contributed by atoms with van der Waals surface area (Å²) in [6.07, 6.45) is 3.10. The summed E-state index contributed by atoms with van der Waals surface area (Å²) in [5.41, 5.74) is 7.37. The number of halogens is 1. The highest BCUT2D eigenvalue weighted by atomic mass is 19.1. The Hall–Kier alpha value is -2.27. The average molecular weight is 287 g/mol. The molecule has 0 aliphatic rings. The number of nitrogens with zero attached hydrogens (tertiary/aromatic N) is 2. The number of anilines is 1. The molecule has 0 unspecified atom stereocenters.